The topological polar surface area (TPSA) is 28.2 Å². The van der Waals surface area contributed by atoms with E-state index in [1.54, 1.807) is 0 Å². The van der Waals surface area contributed by atoms with Crippen LogP contribution in [0.4, 0.5) is 0 Å². The summed E-state index contributed by atoms with van der Waals surface area (Å²) in [5.41, 5.74) is 1.35. The van der Waals surface area contributed by atoms with Gasteiger partial charge in [-0.05, 0) is 40.3 Å². The molecule has 1 aromatic rings. The summed E-state index contributed by atoms with van der Waals surface area (Å²) in [5.74, 6) is 0. The van der Waals surface area contributed by atoms with Crippen molar-refractivity contribution in [3.05, 3.63) is 15.6 Å². The van der Waals surface area contributed by atoms with Crippen molar-refractivity contribution in [3.8, 4) is 0 Å². The molecule has 0 bridgehead atoms. The molecule has 0 radical (unpaired) electrons. The van der Waals surface area contributed by atoms with Gasteiger partial charge in [0.25, 0.3) is 0 Å². The van der Waals surface area contributed by atoms with Crippen molar-refractivity contribution < 1.29 is 0 Å². The largest absolute Gasteiger partial charge is 0.305 e. The summed E-state index contributed by atoms with van der Waals surface area (Å²) >= 11 is 1.88. The zero-order chi connectivity index (χ0) is 13.3. The number of aromatic nitrogens is 1. The summed E-state index contributed by atoms with van der Waals surface area (Å²) in [5, 5.41) is 4.99. The molecule has 1 saturated heterocycles. The van der Waals surface area contributed by atoms with Crippen LogP contribution in [0.5, 0.6) is 0 Å². The van der Waals surface area contributed by atoms with Crippen LogP contribution in [0, 0.1) is 6.92 Å². The zero-order valence-corrected chi connectivity index (χ0v) is 13.0. The van der Waals surface area contributed by atoms with Crippen molar-refractivity contribution in [3.63, 3.8) is 0 Å². The summed E-state index contributed by atoms with van der Waals surface area (Å²) in [7, 11) is 2.21. The lowest BCUT2D eigenvalue weighted by molar-refractivity contribution is 0.301. The number of nitrogens with one attached hydrogen (secondary N) is 1. The van der Waals surface area contributed by atoms with Gasteiger partial charge in [0, 0.05) is 17.5 Å². The highest BCUT2D eigenvalue weighted by Gasteiger charge is 2.43. The molecular formula is C14H25N3S. The molecule has 2 unspecified atom stereocenters. The van der Waals surface area contributed by atoms with Crippen LogP contribution in [0.25, 0.3) is 0 Å². The van der Waals surface area contributed by atoms with Crippen molar-refractivity contribution in [2.75, 3.05) is 20.1 Å². The Morgan fingerprint density at radius 3 is 2.67 bits per heavy atom. The maximum Gasteiger partial charge on any atom is 0.115 e. The van der Waals surface area contributed by atoms with Crippen molar-refractivity contribution in [2.45, 2.75) is 52.1 Å². The Labute approximate surface area is 115 Å². The Kier molecular flexibility index (Phi) is 4.09. The molecule has 102 valence electrons. The van der Waals surface area contributed by atoms with Gasteiger partial charge in [-0.2, -0.15) is 0 Å². The number of thiazole rings is 1. The van der Waals surface area contributed by atoms with E-state index in [2.05, 4.69) is 45.0 Å². The van der Waals surface area contributed by atoms with Crippen LogP contribution in [0.2, 0.25) is 0 Å². The molecule has 0 aliphatic carbocycles. The molecule has 18 heavy (non-hydrogen) atoms. The number of hydrogen-bond donors (Lipinski definition) is 1. The summed E-state index contributed by atoms with van der Waals surface area (Å²) in [6, 6.07) is 0.623. The highest BCUT2D eigenvalue weighted by Crippen LogP contribution is 2.38. The maximum atomic E-state index is 4.90. The van der Waals surface area contributed by atoms with Crippen LogP contribution in [0.3, 0.4) is 0 Å². The van der Waals surface area contributed by atoms with Crippen molar-refractivity contribution in [2.24, 2.45) is 0 Å². The molecule has 1 aromatic heterocycles. The highest BCUT2D eigenvalue weighted by molar-refractivity contribution is 7.11. The second kappa shape index (κ2) is 5.27. The van der Waals surface area contributed by atoms with Gasteiger partial charge in [0.1, 0.15) is 5.01 Å². The van der Waals surface area contributed by atoms with E-state index in [9.17, 15) is 0 Å². The first-order valence-corrected chi connectivity index (χ1v) is 7.76. The first-order valence-electron chi connectivity index (χ1n) is 6.94. The minimum absolute atomic E-state index is 0.0752. The number of hydrogen-bond acceptors (Lipinski definition) is 4. The van der Waals surface area contributed by atoms with Crippen LogP contribution in [0.1, 0.15) is 42.8 Å². The predicted molar refractivity (Wildman–Crippen MR) is 78.3 cm³/mol. The minimum Gasteiger partial charge on any atom is -0.305 e. The molecule has 0 spiro atoms. The fourth-order valence-electron chi connectivity index (χ4n) is 2.96. The smallest absolute Gasteiger partial charge is 0.115 e. The second-order valence-electron chi connectivity index (χ2n) is 5.46. The number of aryl methyl sites for hydroxylation is 2. The molecule has 1 aliphatic heterocycles. The van der Waals surface area contributed by atoms with E-state index in [1.807, 2.05) is 11.3 Å². The Morgan fingerprint density at radius 1 is 1.50 bits per heavy atom. The van der Waals surface area contributed by atoms with Crippen LogP contribution in [-0.2, 0) is 12.0 Å². The summed E-state index contributed by atoms with van der Waals surface area (Å²) in [6.45, 7) is 10.9. The van der Waals surface area contributed by atoms with E-state index < -0.39 is 0 Å². The molecule has 3 nitrogen and oxygen atoms in total. The predicted octanol–water partition coefficient (Wildman–Crippen LogP) is 2.54. The average Bonchev–Trinajstić information content (AvgIpc) is 2.82. The van der Waals surface area contributed by atoms with Gasteiger partial charge in [-0.3, -0.25) is 0 Å². The third kappa shape index (κ3) is 2.33. The Hall–Kier alpha value is -0.450. The molecule has 0 saturated carbocycles. The molecule has 0 amide bonds. The van der Waals surface area contributed by atoms with E-state index in [4.69, 9.17) is 4.98 Å². The molecule has 0 aromatic carbocycles. The van der Waals surface area contributed by atoms with E-state index in [0.29, 0.717) is 6.04 Å². The van der Waals surface area contributed by atoms with Crippen molar-refractivity contribution >= 4 is 11.3 Å². The molecule has 2 heterocycles. The fraction of sp³-hybridized carbons (Fsp3) is 0.786. The molecular weight excluding hydrogens is 242 g/mol. The zero-order valence-electron chi connectivity index (χ0n) is 12.2. The van der Waals surface area contributed by atoms with Crippen LogP contribution in [-0.4, -0.2) is 36.1 Å². The van der Waals surface area contributed by atoms with Gasteiger partial charge in [0.05, 0.1) is 11.2 Å². The maximum absolute atomic E-state index is 4.90. The normalized spacial score (nSPS) is 29.1. The van der Waals surface area contributed by atoms with Crippen LogP contribution >= 0.6 is 11.3 Å². The SMILES string of the molecule is CCNC1(c2nc(CC)c(C)s2)CC(C)N(C)C1. The lowest BCUT2D eigenvalue weighted by Gasteiger charge is -2.27. The molecule has 1 N–H and O–H groups in total. The number of likely N-dealkylation sites (tertiary alicyclic amines) is 1. The van der Waals surface area contributed by atoms with E-state index in [1.165, 1.54) is 15.6 Å². The number of nitrogens with zero attached hydrogens (tertiary/aromatic N) is 2. The lowest BCUT2D eigenvalue weighted by Crippen LogP contribution is -2.44. The van der Waals surface area contributed by atoms with Gasteiger partial charge < -0.3 is 10.2 Å². The molecule has 1 fully saturated rings. The van der Waals surface area contributed by atoms with Gasteiger partial charge in [-0.15, -0.1) is 11.3 Å². The van der Waals surface area contributed by atoms with E-state index in [0.717, 1.165) is 25.9 Å². The van der Waals surface area contributed by atoms with Gasteiger partial charge in [-0.25, -0.2) is 4.98 Å². The minimum atomic E-state index is 0.0752. The standard InChI is InChI=1S/C14H25N3S/c1-6-12-11(4)18-13(16-12)14(15-7-2)8-10(3)17(5)9-14/h10,15H,6-9H2,1-5H3. The van der Waals surface area contributed by atoms with Crippen molar-refractivity contribution in [1.82, 2.24) is 15.2 Å². The summed E-state index contributed by atoms with van der Waals surface area (Å²) in [6.07, 6.45) is 2.20. The third-order valence-electron chi connectivity index (χ3n) is 4.07. The molecule has 2 rings (SSSR count). The lowest BCUT2D eigenvalue weighted by atomic mass is 9.97. The first kappa shape index (κ1) is 14.0. The average molecular weight is 267 g/mol. The molecule has 4 heteroatoms. The Bertz CT molecular complexity index is 403. The monoisotopic (exact) mass is 267 g/mol. The van der Waals surface area contributed by atoms with Gasteiger partial charge in [0.15, 0.2) is 0 Å². The van der Waals surface area contributed by atoms with Gasteiger partial charge >= 0.3 is 0 Å². The van der Waals surface area contributed by atoms with E-state index in [-0.39, 0.29) is 5.54 Å². The third-order valence-corrected chi connectivity index (χ3v) is 5.28. The van der Waals surface area contributed by atoms with E-state index >= 15 is 0 Å². The Morgan fingerprint density at radius 2 is 2.22 bits per heavy atom. The van der Waals surface area contributed by atoms with Crippen LogP contribution < -0.4 is 5.32 Å². The second-order valence-corrected chi connectivity index (χ2v) is 6.66. The van der Waals surface area contributed by atoms with Crippen molar-refractivity contribution in [1.29, 1.82) is 0 Å². The first-order chi connectivity index (χ1) is 8.52. The summed E-state index contributed by atoms with van der Waals surface area (Å²) < 4.78 is 0. The fourth-order valence-corrected chi connectivity index (χ4v) is 4.13. The Balaban J connectivity index is 2.35. The molecule has 1 aliphatic rings. The highest BCUT2D eigenvalue weighted by atomic mass is 32.1. The number of rotatable bonds is 4. The van der Waals surface area contributed by atoms with Crippen LogP contribution in [0.15, 0.2) is 0 Å². The quantitative estimate of drug-likeness (QED) is 0.908. The molecule has 2 atom stereocenters. The number of likely N-dealkylation sites (N-methyl/N-ethyl adjacent to an activating group) is 2. The van der Waals surface area contributed by atoms with Gasteiger partial charge in [-0.1, -0.05) is 13.8 Å². The summed E-state index contributed by atoms with van der Waals surface area (Å²) in [4.78, 5) is 8.72. The van der Waals surface area contributed by atoms with Gasteiger partial charge in [0.2, 0.25) is 0 Å².